The van der Waals surface area contributed by atoms with Gasteiger partial charge in [-0.1, -0.05) is 18.2 Å². The molecule has 0 atom stereocenters. The molecular formula is C21H20FNO3. The first kappa shape index (κ1) is 19.4. The van der Waals surface area contributed by atoms with Gasteiger partial charge in [-0.15, -0.1) is 0 Å². The molecular weight excluding hydrogens is 333 g/mol. The Labute approximate surface area is 152 Å². The fourth-order valence-electron chi connectivity index (χ4n) is 2.63. The van der Waals surface area contributed by atoms with Gasteiger partial charge in [-0.3, -0.25) is 4.79 Å². The van der Waals surface area contributed by atoms with Crippen LogP contribution >= 0.6 is 0 Å². The third-order valence-electron chi connectivity index (χ3n) is 3.95. The summed E-state index contributed by atoms with van der Waals surface area (Å²) in [5, 5.41) is 8.85. The fourth-order valence-corrected chi connectivity index (χ4v) is 2.63. The first-order valence-electron chi connectivity index (χ1n) is 8.12. The second kappa shape index (κ2) is 8.93. The van der Waals surface area contributed by atoms with E-state index >= 15 is 0 Å². The van der Waals surface area contributed by atoms with E-state index in [2.05, 4.69) is 0 Å². The minimum atomic E-state index is -0.603. The maximum Gasteiger partial charge on any atom is 0.160 e. The van der Waals surface area contributed by atoms with E-state index in [-0.39, 0.29) is 11.3 Å². The van der Waals surface area contributed by atoms with Crippen LogP contribution in [0.25, 0.3) is 11.1 Å². The molecule has 0 saturated carbocycles. The summed E-state index contributed by atoms with van der Waals surface area (Å²) in [4.78, 5) is 12.2. The van der Waals surface area contributed by atoms with Gasteiger partial charge in [-0.2, -0.15) is 5.26 Å². The number of methoxy groups -OCH3 is 1. The zero-order valence-corrected chi connectivity index (χ0v) is 15.0. The Balaban J connectivity index is 2.38. The number of ketones is 1. The van der Waals surface area contributed by atoms with Gasteiger partial charge in [0.2, 0.25) is 0 Å². The maximum absolute atomic E-state index is 13.9. The largest absolute Gasteiger partial charge is 0.491 e. The number of allylic oxidation sites excluding steroid dienone is 2. The van der Waals surface area contributed by atoms with Gasteiger partial charge in [-0.05, 0) is 54.8 Å². The minimum Gasteiger partial charge on any atom is -0.491 e. The molecule has 2 aromatic rings. The zero-order valence-electron chi connectivity index (χ0n) is 15.0. The Bertz CT molecular complexity index is 864. The molecule has 0 fully saturated rings. The van der Waals surface area contributed by atoms with Gasteiger partial charge in [0.25, 0.3) is 0 Å². The van der Waals surface area contributed by atoms with E-state index in [1.165, 1.54) is 19.1 Å². The lowest BCUT2D eigenvalue weighted by Gasteiger charge is -2.12. The molecule has 134 valence electrons. The highest BCUT2D eigenvalue weighted by Gasteiger charge is 2.14. The SMILES string of the molecule is COCCOc1ccc(C(C(C)=O)=C(C)c2ccc(C#N)c(F)c2)cc1. The summed E-state index contributed by atoms with van der Waals surface area (Å²) in [6, 6.07) is 13.3. The number of rotatable bonds is 7. The first-order valence-corrected chi connectivity index (χ1v) is 8.12. The molecule has 0 bridgehead atoms. The number of nitrogens with zero attached hydrogens (tertiary/aromatic N) is 1. The third-order valence-corrected chi connectivity index (χ3v) is 3.95. The van der Waals surface area contributed by atoms with Crippen LogP contribution in [0.2, 0.25) is 0 Å². The minimum absolute atomic E-state index is 0.0246. The number of ether oxygens (including phenoxy) is 2. The lowest BCUT2D eigenvalue weighted by Crippen LogP contribution is -2.04. The Morgan fingerprint density at radius 1 is 1.08 bits per heavy atom. The average molecular weight is 353 g/mol. The van der Waals surface area contributed by atoms with Crippen LogP contribution in [0.5, 0.6) is 5.75 Å². The highest BCUT2D eigenvalue weighted by Crippen LogP contribution is 2.29. The molecule has 0 aliphatic heterocycles. The van der Waals surface area contributed by atoms with Crippen LogP contribution < -0.4 is 4.74 Å². The van der Waals surface area contributed by atoms with Gasteiger partial charge in [0.05, 0.1) is 12.2 Å². The molecule has 0 N–H and O–H groups in total. The maximum atomic E-state index is 13.9. The van der Waals surface area contributed by atoms with Crippen molar-refractivity contribution in [1.82, 2.24) is 0 Å². The van der Waals surface area contributed by atoms with Crippen molar-refractivity contribution in [2.75, 3.05) is 20.3 Å². The van der Waals surface area contributed by atoms with Crippen molar-refractivity contribution in [3.05, 3.63) is 65.0 Å². The van der Waals surface area contributed by atoms with Crippen molar-refractivity contribution in [2.24, 2.45) is 0 Å². The van der Waals surface area contributed by atoms with Crippen LogP contribution in [0.15, 0.2) is 42.5 Å². The van der Waals surface area contributed by atoms with Crippen molar-refractivity contribution in [1.29, 1.82) is 5.26 Å². The number of carbonyl (C=O) groups is 1. The molecule has 0 saturated heterocycles. The van der Waals surface area contributed by atoms with Crippen molar-refractivity contribution >= 4 is 16.9 Å². The molecule has 0 unspecified atom stereocenters. The van der Waals surface area contributed by atoms with Crippen LogP contribution in [0.3, 0.4) is 0 Å². The van der Waals surface area contributed by atoms with Gasteiger partial charge < -0.3 is 9.47 Å². The normalized spacial score (nSPS) is 11.5. The molecule has 0 heterocycles. The smallest absolute Gasteiger partial charge is 0.160 e. The number of hydrogen-bond acceptors (Lipinski definition) is 4. The molecule has 2 rings (SSSR count). The molecule has 4 nitrogen and oxygen atoms in total. The van der Waals surface area contributed by atoms with Crippen molar-refractivity contribution in [2.45, 2.75) is 13.8 Å². The number of benzene rings is 2. The number of carbonyl (C=O) groups excluding carboxylic acids is 1. The van der Waals surface area contributed by atoms with Crippen molar-refractivity contribution in [3.8, 4) is 11.8 Å². The highest BCUT2D eigenvalue weighted by atomic mass is 19.1. The van der Waals surface area contributed by atoms with Crippen LogP contribution in [-0.2, 0) is 9.53 Å². The van der Waals surface area contributed by atoms with E-state index in [0.29, 0.717) is 35.7 Å². The van der Waals surface area contributed by atoms with E-state index in [1.54, 1.807) is 50.4 Å². The summed E-state index contributed by atoms with van der Waals surface area (Å²) >= 11 is 0. The molecule has 0 radical (unpaired) electrons. The summed E-state index contributed by atoms with van der Waals surface area (Å²) in [5.74, 6) is -0.0507. The van der Waals surface area contributed by atoms with Gasteiger partial charge in [0, 0.05) is 12.7 Å². The third kappa shape index (κ3) is 4.56. The standard InChI is InChI=1S/C21H20FNO3/c1-14(17-4-5-18(13-23)20(22)12-17)21(15(2)24)16-6-8-19(9-7-16)26-11-10-25-3/h4-9,12H,10-11H2,1-3H3. The van der Waals surface area contributed by atoms with E-state index in [0.717, 1.165) is 5.56 Å². The molecule has 0 aromatic heterocycles. The molecule has 0 amide bonds. The number of nitriles is 1. The topological polar surface area (TPSA) is 59.3 Å². The van der Waals surface area contributed by atoms with Crippen LogP contribution in [0.1, 0.15) is 30.5 Å². The van der Waals surface area contributed by atoms with E-state index in [4.69, 9.17) is 14.7 Å². The first-order chi connectivity index (χ1) is 12.5. The lowest BCUT2D eigenvalue weighted by molar-refractivity contribution is -0.111. The zero-order chi connectivity index (χ0) is 19.1. The van der Waals surface area contributed by atoms with Gasteiger partial charge in [0.1, 0.15) is 24.2 Å². The van der Waals surface area contributed by atoms with Crippen LogP contribution in [0, 0.1) is 17.1 Å². The summed E-state index contributed by atoms with van der Waals surface area (Å²) in [7, 11) is 1.60. The van der Waals surface area contributed by atoms with Gasteiger partial charge >= 0.3 is 0 Å². The summed E-state index contributed by atoms with van der Waals surface area (Å²) in [6.45, 7) is 4.17. The number of hydrogen-bond donors (Lipinski definition) is 0. The molecule has 26 heavy (non-hydrogen) atoms. The van der Waals surface area contributed by atoms with Crippen molar-refractivity contribution < 1.29 is 18.7 Å². The second-order valence-corrected chi connectivity index (χ2v) is 5.73. The average Bonchev–Trinajstić information content (AvgIpc) is 2.63. The molecule has 2 aromatic carbocycles. The number of halogens is 1. The molecule has 0 aliphatic rings. The Morgan fingerprint density at radius 2 is 1.73 bits per heavy atom. The Kier molecular flexibility index (Phi) is 6.65. The summed E-state index contributed by atoms with van der Waals surface area (Å²) in [5.41, 5.74) is 2.40. The fraction of sp³-hybridized carbons (Fsp3) is 0.238. The highest BCUT2D eigenvalue weighted by molar-refractivity contribution is 6.26. The van der Waals surface area contributed by atoms with E-state index in [9.17, 15) is 9.18 Å². The van der Waals surface area contributed by atoms with E-state index in [1.807, 2.05) is 0 Å². The molecule has 5 heteroatoms. The van der Waals surface area contributed by atoms with Gasteiger partial charge in [0.15, 0.2) is 5.78 Å². The van der Waals surface area contributed by atoms with E-state index < -0.39 is 5.82 Å². The summed E-state index contributed by atoms with van der Waals surface area (Å²) in [6.07, 6.45) is 0. The quantitative estimate of drug-likeness (QED) is 0.424. The predicted octanol–water partition coefficient (Wildman–Crippen LogP) is 4.24. The second-order valence-electron chi connectivity index (χ2n) is 5.73. The van der Waals surface area contributed by atoms with Crippen LogP contribution in [0.4, 0.5) is 4.39 Å². The van der Waals surface area contributed by atoms with Gasteiger partial charge in [-0.25, -0.2) is 4.39 Å². The van der Waals surface area contributed by atoms with Crippen LogP contribution in [-0.4, -0.2) is 26.1 Å². The summed E-state index contributed by atoms with van der Waals surface area (Å²) < 4.78 is 24.4. The Hall–Kier alpha value is -2.97. The Morgan fingerprint density at radius 3 is 2.27 bits per heavy atom. The predicted molar refractivity (Wildman–Crippen MR) is 98.1 cm³/mol. The monoisotopic (exact) mass is 353 g/mol. The lowest BCUT2D eigenvalue weighted by atomic mass is 9.92. The number of Topliss-reactive ketones (excluding diaryl/α,β-unsaturated/α-hetero) is 1. The van der Waals surface area contributed by atoms with Crippen molar-refractivity contribution in [3.63, 3.8) is 0 Å². The molecule has 0 aliphatic carbocycles. The molecule has 0 spiro atoms.